The van der Waals surface area contributed by atoms with Gasteiger partial charge >= 0.3 is 0 Å². The molecule has 3 aromatic rings. The first kappa shape index (κ1) is 11.9. The second kappa shape index (κ2) is 5.19. The van der Waals surface area contributed by atoms with Gasteiger partial charge in [-0.15, -0.1) is 0 Å². The molecule has 0 unspecified atom stereocenters. The molecule has 0 aliphatic carbocycles. The lowest BCUT2D eigenvalue weighted by Gasteiger charge is -1.91. The minimum Gasteiger partial charge on any atom is -0.356 e. The standard InChI is InChI=1S/C13H14N4O2/c1-14-7-6-12-15-13(19-17-12)8-10-9-4-2-3-5-11(9)18-16-10/h2-5,14H,6-8H2,1H3. The van der Waals surface area contributed by atoms with E-state index in [1.165, 1.54) is 0 Å². The number of hydrogen-bond acceptors (Lipinski definition) is 6. The number of nitrogens with one attached hydrogen (secondary N) is 1. The summed E-state index contributed by atoms with van der Waals surface area (Å²) in [5.41, 5.74) is 1.59. The fourth-order valence-electron chi connectivity index (χ4n) is 1.91. The van der Waals surface area contributed by atoms with Crippen LogP contribution < -0.4 is 5.32 Å². The van der Waals surface area contributed by atoms with Crippen LogP contribution in [0.1, 0.15) is 17.4 Å². The highest BCUT2D eigenvalue weighted by Gasteiger charge is 2.12. The molecule has 2 aromatic heterocycles. The van der Waals surface area contributed by atoms with Crippen molar-refractivity contribution >= 4 is 11.0 Å². The Morgan fingerprint density at radius 3 is 2.95 bits per heavy atom. The molecule has 0 bridgehead atoms. The maximum absolute atomic E-state index is 5.24. The molecule has 0 aliphatic rings. The lowest BCUT2D eigenvalue weighted by Crippen LogP contribution is -2.11. The Bertz CT molecular complexity index is 674. The largest absolute Gasteiger partial charge is 0.356 e. The first-order valence-electron chi connectivity index (χ1n) is 6.16. The summed E-state index contributed by atoms with van der Waals surface area (Å²) in [5.74, 6) is 1.27. The summed E-state index contributed by atoms with van der Waals surface area (Å²) in [4.78, 5) is 4.33. The van der Waals surface area contributed by atoms with Gasteiger partial charge in [0.2, 0.25) is 5.89 Å². The Morgan fingerprint density at radius 1 is 1.16 bits per heavy atom. The molecule has 0 fully saturated rings. The van der Waals surface area contributed by atoms with Crippen LogP contribution in [0.2, 0.25) is 0 Å². The Balaban J connectivity index is 1.79. The zero-order valence-corrected chi connectivity index (χ0v) is 10.6. The van der Waals surface area contributed by atoms with Crippen LogP contribution >= 0.6 is 0 Å². The van der Waals surface area contributed by atoms with Crippen molar-refractivity contribution in [2.45, 2.75) is 12.8 Å². The third-order valence-electron chi connectivity index (χ3n) is 2.88. The van der Waals surface area contributed by atoms with Gasteiger partial charge in [-0.05, 0) is 19.2 Å². The molecule has 0 aliphatic heterocycles. The van der Waals surface area contributed by atoms with Crippen molar-refractivity contribution in [1.82, 2.24) is 20.6 Å². The Labute approximate surface area is 109 Å². The molecule has 2 heterocycles. The van der Waals surface area contributed by atoms with Crippen molar-refractivity contribution in [2.24, 2.45) is 0 Å². The number of benzene rings is 1. The van der Waals surface area contributed by atoms with Crippen LogP contribution in [-0.2, 0) is 12.8 Å². The SMILES string of the molecule is CNCCc1noc(Cc2noc3ccccc23)n1. The molecular weight excluding hydrogens is 244 g/mol. The number of hydrogen-bond donors (Lipinski definition) is 1. The summed E-state index contributed by atoms with van der Waals surface area (Å²) in [6, 6.07) is 7.73. The van der Waals surface area contributed by atoms with E-state index in [9.17, 15) is 0 Å². The molecule has 19 heavy (non-hydrogen) atoms. The third-order valence-corrected chi connectivity index (χ3v) is 2.88. The fraction of sp³-hybridized carbons (Fsp3) is 0.308. The molecule has 0 radical (unpaired) electrons. The monoisotopic (exact) mass is 258 g/mol. The van der Waals surface area contributed by atoms with Crippen LogP contribution in [0.4, 0.5) is 0 Å². The van der Waals surface area contributed by atoms with Crippen molar-refractivity contribution in [1.29, 1.82) is 0 Å². The van der Waals surface area contributed by atoms with Crippen LogP contribution in [0.15, 0.2) is 33.3 Å². The number of fused-ring (bicyclic) bond motifs is 1. The van der Waals surface area contributed by atoms with E-state index < -0.39 is 0 Å². The molecule has 0 atom stereocenters. The third kappa shape index (κ3) is 2.48. The highest BCUT2D eigenvalue weighted by atomic mass is 16.5. The minimum atomic E-state index is 0.490. The van der Waals surface area contributed by atoms with Gasteiger partial charge in [0.1, 0.15) is 5.69 Å². The highest BCUT2D eigenvalue weighted by Crippen LogP contribution is 2.19. The van der Waals surface area contributed by atoms with E-state index in [1.807, 2.05) is 31.3 Å². The highest BCUT2D eigenvalue weighted by molar-refractivity contribution is 5.79. The molecule has 1 N–H and O–H groups in total. The fourth-order valence-corrected chi connectivity index (χ4v) is 1.91. The Morgan fingerprint density at radius 2 is 2.05 bits per heavy atom. The second-order valence-electron chi connectivity index (χ2n) is 4.26. The number of rotatable bonds is 5. The van der Waals surface area contributed by atoms with Crippen molar-refractivity contribution < 1.29 is 9.05 Å². The summed E-state index contributed by atoms with van der Waals surface area (Å²) in [6.45, 7) is 0.825. The average Bonchev–Trinajstić information content (AvgIpc) is 3.05. The molecule has 0 amide bonds. The maximum atomic E-state index is 5.24. The van der Waals surface area contributed by atoms with E-state index in [1.54, 1.807) is 0 Å². The van der Waals surface area contributed by atoms with Gasteiger partial charge in [-0.25, -0.2) is 0 Å². The van der Waals surface area contributed by atoms with Crippen molar-refractivity contribution in [2.75, 3.05) is 13.6 Å². The van der Waals surface area contributed by atoms with Crippen LogP contribution in [0.25, 0.3) is 11.0 Å². The van der Waals surface area contributed by atoms with E-state index in [-0.39, 0.29) is 0 Å². The first-order valence-corrected chi connectivity index (χ1v) is 6.16. The number of nitrogens with zero attached hydrogens (tertiary/aromatic N) is 3. The van der Waals surface area contributed by atoms with Crippen molar-refractivity contribution in [3.63, 3.8) is 0 Å². The van der Waals surface area contributed by atoms with Gasteiger partial charge < -0.3 is 14.4 Å². The van der Waals surface area contributed by atoms with E-state index in [0.29, 0.717) is 18.1 Å². The van der Waals surface area contributed by atoms with Crippen LogP contribution in [0.3, 0.4) is 0 Å². The molecule has 6 nitrogen and oxygen atoms in total. The van der Waals surface area contributed by atoms with E-state index in [2.05, 4.69) is 20.6 Å². The second-order valence-corrected chi connectivity index (χ2v) is 4.26. The van der Waals surface area contributed by atoms with Crippen LogP contribution in [-0.4, -0.2) is 28.9 Å². The van der Waals surface area contributed by atoms with Gasteiger partial charge in [0.05, 0.1) is 6.42 Å². The smallest absolute Gasteiger partial charge is 0.232 e. The average molecular weight is 258 g/mol. The lowest BCUT2D eigenvalue weighted by atomic mass is 10.2. The zero-order valence-electron chi connectivity index (χ0n) is 10.6. The van der Waals surface area contributed by atoms with Gasteiger partial charge in [0.25, 0.3) is 0 Å². The van der Waals surface area contributed by atoms with Gasteiger partial charge in [0.15, 0.2) is 11.4 Å². The van der Waals surface area contributed by atoms with Crippen molar-refractivity contribution in [3.8, 4) is 0 Å². The summed E-state index contributed by atoms with van der Waals surface area (Å²) < 4.78 is 10.5. The predicted molar refractivity (Wildman–Crippen MR) is 68.7 cm³/mol. The topological polar surface area (TPSA) is 77.0 Å². The minimum absolute atomic E-state index is 0.490. The number of aromatic nitrogens is 3. The molecule has 0 spiro atoms. The molecule has 1 aromatic carbocycles. The van der Waals surface area contributed by atoms with Gasteiger partial charge in [-0.2, -0.15) is 4.98 Å². The van der Waals surface area contributed by atoms with Crippen LogP contribution in [0, 0.1) is 0 Å². The molecular formula is C13H14N4O2. The zero-order chi connectivity index (χ0) is 13.1. The lowest BCUT2D eigenvalue weighted by molar-refractivity contribution is 0.374. The maximum Gasteiger partial charge on any atom is 0.232 e. The Hall–Kier alpha value is -2.21. The molecule has 98 valence electrons. The first-order chi connectivity index (χ1) is 9.36. The summed E-state index contributed by atoms with van der Waals surface area (Å²) in [6.07, 6.45) is 1.24. The van der Waals surface area contributed by atoms with Crippen LogP contribution in [0.5, 0.6) is 0 Å². The predicted octanol–water partition coefficient (Wildman–Crippen LogP) is 1.56. The van der Waals surface area contributed by atoms with E-state index in [0.717, 1.165) is 29.6 Å². The molecule has 6 heteroatoms. The number of likely N-dealkylation sites (N-methyl/N-ethyl adjacent to an activating group) is 1. The number of para-hydroxylation sites is 1. The summed E-state index contributed by atoms with van der Waals surface area (Å²) in [5, 5.41) is 12.0. The van der Waals surface area contributed by atoms with Gasteiger partial charge in [-0.3, -0.25) is 0 Å². The molecule has 0 saturated heterocycles. The normalized spacial score (nSPS) is 11.2. The summed E-state index contributed by atoms with van der Waals surface area (Å²) in [7, 11) is 1.89. The van der Waals surface area contributed by atoms with Gasteiger partial charge in [0, 0.05) is 18.4 Å². The Kier molecular flexibility index (Phi) is 3.24. The quantitative estimate of drug-likeness (QED) is 0.748. The van der Waals surface area contributed by atoms with E-state index >= 15 is 0 Å². The molecule has 3 rings (SSSR count). The summed E-state index contributed by atoms with van der Waals surface area (Å²) >= 11 is 0. The van der Waals surface area contributed by atoms with Crippen molar-refractivity contribution in [3.05, 3.63) is 41.7 Å². The van der Waals surface area contributed by atoms with Gasteiger partial charge in [-0.1, -0.05) is 22.4 Å². The van der Waals surface area contributed by atoms with E-state index in [4.69, 9.17) is 9.05 Å². The molecule has 0 saturated carbocycles.